The van der Waals surface area contributed by atoms with Crippen LogP contribution < -0.4 is 11.1 Å². The minimum absolute atomic E-state index is 0.149. The molecule has 134 valence electrons. The van der Waals surface area contributed by atoms with Crippen molar-refractivity contribution in [1.29, 1.82) is 0 Å². The van der Waals surface area contributed by atoms with Crippen LogP contribution in [-0.2, 0) is 11.2 Å². The Labute approximate surface area is 155 Å². The lowest BCUT2D eigenvalue weighted by Gasteiger charge is -2.09. The highest BCUT2D eigenvalue weighted by Crippen LogP contribution is 2.22. The van der Waals surface area contributed by atoms with E-state index in [1.165, 1.54) is 11.8 Å². The number of aryl methyl sites for hydroxylation is 1. The average Bonchev–Trinajstić information content (AvgIpc) is 3.06. The largest absolute Gasteiger partial charge is 0.369 e. The Kier molecular flexibility index (Phi) is 5.91. The molecule has 0 unspecified atom stereocenters. The fourth-order valence-electron chi connectivity index (χ4n) is 2.61. The van der Waals surface area contributed by atoms with Gasteiger partial charge < -0.3 is 16.0 Å². The number of carbonyl (C=O) groups excluding carboxylic acids is 2. The first kappa shape index (κ1) is 18.0. The van der Waals surface area contributed by atoms with Crippen molar-refractivity contribution in [3.05, 3.63) is 59.9 Å². The highest BCUT2D eigenvalue weighted by Gasteiger charge is 2.11. The lowest BCUT2D eigenvalue weighted by molar-refractivity contribution is -0.115. The molecule has 0 aliphatic heterocycles. The van der Waals surface area contributed by atoms with E-state index in [9.17, 15) is 9.59 Å². The van der Waals surface area contributed by atoms with Gasteiger partial charge in [-0.05, 0) is 30.7 Å². The second-order valence-corrected chi connectivity index (χ2v) is 6.83. The molecule has 0 radical (unpaired) electrons. The van der Waals surface area contributed by atoms with Gasteiger partial charge in [-0.1, -0.05) is 24.3 Å². The van der Waals surface area contributed by atoms with Crippen LogP contribution in [0.3, 0.4) is 0 Å². The first-order valence-electron chi connectivity index (χ1n) is 8.35. The van der Waals surface area contributed by atoms with Gasteiger partial charge in [0, 0.05) is 17.9 Å². The highest BCUT2D eigenvalue weighted by molar-refractivity contribution is 8.00. The Balaban J connectivity index is 1.51. The number of fused-ring (bicyclic) bond motifs is 1. The molecule has 0 aliphatic rings. The molecule has 0 aliphatic carbocycles. The van der Waals surface area contributed by atoms with Crippen molar-refractivity contribution in [2.45, 2.75) is 17.7 Å². The van der Waals surface area contributed by atoms with Gasteiger partial charge in [-0.15, -0.1) is 11.8 Å². The highest BCUT2D eigenvalue weighted by atomic mass is 32.2. The molecule has 0 saturated carbocycles. The van der Waals surface area contributed by atoms with Gasteiger partial charge in [-0.25, -0.2) is 4.98 Å². The summed E-state index contributed by atoms with van der Waals surface area (Å²) in [4.78, 5) is 31.9. The third kappa shape index (κ3) is 4.64. The molecule has 26 heavy (non-hydrogen) atoms. The van der Waals surface area contributed by atoms with Crippen molar-refractivity contribution < 1.29 is 9.59 Å². The zero-order chi connectivity index (χ0) is 18.4. The number of nitrogens with one attached hydrogen (secondary N) is 2. The van der Waals surface area contributed by atoms with E-state index in [0.717, 1.165) is 34.6 Å². The number of benzene rings is 2. The summed E-state index contributed by atoms with van der Waals surface area (Å²) in [5.41, 5.74) is 7.71. The fraction of sp³-hybridized carbons (Fsp3) is 0.211. The summed E-state index contributed by atoms with van der Waals surface area (Å²) in [6.07, 6.45) is 1.54. The van der Waals surface area contributed by atoms with Crippen molar-refractivity contribution in [2.24, 2.45) is 5.73 Å². The molecule has 3 aromatic rings. The zero-order valence-electron chi connectivity index (χ0n) is 14.2. The Morgan fingerprint density at radius 2 is 1.88 bits per heavy atom. The number of nitrogens with zero attached hydrogens (tertiary/aromatic N) is 1. The minimum Gasteiger partial charge on any atom is -0.369 e. The van der Waals surface area contributed by atoms with Crippen molar-refractivity contribution in [3.63, 3.8) is 0 Å². The molecule has 6 nitrogen and oxygen atoms in total. The van der Waals surface area contributed by atoms with E-state index in [-0.39, 0.29) is 11.7 Å². The number of hydrogen-bond donors (Lipinski definition) is 3. The maximum atomic E-state index is 12.4. The maximum absolute atomic E-state index is 12.4. The monoisotopic (exact) mass is 368 g/mol. The number of thioether (sulfide) groups is 1. The molecular formula is C19H20N4O2S. The van der Waals surface area contributed by atoms with Crippen molar-refractivity contribution in [2.75, 3.05) is 12.3 Å². The second kappa shape index (κ2) is 8.53. The van der Waals surface area contributed by atoms with Crippen LogP contribution in [0, 0.1) is 0 Å². The van der Waals surface area contributed by atoms with Gasteiger partial charge in [0.25, 0.3) is 5.91 Å². The number of imidazole rings is 1. The van der Waals surface area contributed by atoms with Crippen LogP contribution in [0.4, 0.5) is 0 Å². The molecule has 2 amide bonds. The first-order valence-corrected chi connectivity index (χ1v) is 9.34. The summed E-state index contributed by atoms with van der Waals surface area (Å²) in [6, 6.07) is 15.1. The lowest BCUT2D eigenvalue weighted by Crippen LogP contribution is -2.25. The molecule has 0 fully saturated rings. The van der Waals surface area contributed by atoms with E-state index >= 15 is 0 Å². The van der Waals surface area contributed by atoms with Crippen molar-refractivity contribution in [3.8, 4) is 0 Å². The predicted molar refractivity (Wildman–Crippen MR) is 103 cm³/mol. The number of aromatic amines is 1. The molecule has 4 N–H and O–H groups in total. The van der Waals surface area contributed by atoms with Gasteiger partial charge in [0.15, 0.2) is 0 Å². The van der Waals surface area contributed by atoms with E-state index in [1.807, 2.05) is 36.4 Å². The number of para-hydroxylation sites is 2. The lowest BCUT2D eigenvalue weighted by atomic mass is 10.2. The van der Waals surface area contributed by atoms with E-state index in [4.69, 9.17) is 5.73 Å². The van der Waals surface area contributed by atoms with Crippen molar-refractivity contribution >= 4 is 34.6 Å². The summed E-state index contributed by atoms with van der Waals surface area (Å²) in [6.45, 7) is 0.546. The van der Waals surface area contributed by atoms with Gasteiger partial charge in [0.05, 0.1) is 22.3 Å². The summed E-state index contributed by atoms with van der Waals surface area (Å²) in [7, 11) is 0. The number of aromatic nitrogens is 2. The average molecular weight is 368 g/mol. The van der Waals surface area contributed by atoms with Crippen LogP contribution >= 0.6 is 11.8 Å². The van der Waals surface area contributed by atoms with E-state index in [2.05, 4.69) is 15.3 Å². The van der Waals surface area contributed by atoms with Crippen LogP contribution in [0.1, 0.15) is 22.6 Å². The Hall–Kier alpha value is -2.80. The number of H-pyrrole nitrogens is 1. The van der Waals surface area contributed by atoms with E-state index in [1.54, 1.807) is 12.1 Å². The number of primary amides is 1. The SMILES string of the molecule is NC(=O)CSc1ccccc1C(=O)NCCCc1nc2ccccc2[nH]1. The van der Waals surface area contributed by atoms with Crippen LogP contribution in [-0.4, -0.2) is 34.1 Å². The van der Waals surface area contributed by atoms with Gasteiger partial charge >= 0.3 is 0 Å². The summed E-state index contributed by atoms with van der Waals surface area (Å²) >= 11 is 1.27. The van der Waals surface area contributed by atoms with Crippen LogP contribution in [0.5, 0.6) is 0 Å². The molecular weight excluding hydrogens is 348 g/mol. The number of carbonyl (C=O) groups is 2. The van der Waals surface area contributed by atoms with Gasteiger partial charge in [0.1, 0.15) is 5.82 Å². The summed E-state index contributed by atoms with van der Waals surface area (Å²) in [5, 5.41) is 2.92. The summed E-state index contributed by atoms with van der Waals surface area (Å²) < 4.78 is 0. The topological polar surface area (TPSA) is 101 Å². The van der Waals surface area contributed by atoms with Gasteiger partial charge in [0.2, 0.25) is 5.91 Å². The standard InChI is InChI=1S/C19H20N4O2S/c20-17(24)12-26-16-9-4-1-6-13(16)19(25)21-11-5-10-18-22-14-7-2-3-8-15(14)23-18/h1-4,6-9H,5,10-12H2,(H2,20,24)(H,21,25)(H,22,23). The third-order valence-electron chi connectivity index (χ3n) is 3.82. The molecule has 0 spiro atoms. The quantitative estimate of drug-likeness (QED) is 0.420. The van der Waals surface area contributed by atoms with E-state index in [0.29, 0.717) is 12.1 Å². The minimum atomic E-state index is -0.406. The number of hydrogen-bond acceptors (Lipinski definition) is 4. The molecule has 0 bridgehead atoms. The fourth-order valence-corrected chi connectivity index (χ4v) is 3.39. The van der Waals surface area contributed by atoms with Crippen LogP contribution in [0.2, 0.25) is 0 Å². The Morgan fingerprint density at radius 1 is 1.12 bits per heavy atom. The smallest absolute Gasteiger partial charge is 0.252 e. The molecule has 1 heterocycles. The van der Waals surface area contributed by atoms with E-state index < -0.39 is 5.91 Å². The molecule has 0 saturated heterocycles. The predicted octanol–water partition coefficient (Wildman–Crippen LogP) is 2.50. The zero-order valence-corrected chi connectivity index (χ0v) is 15.0. The molecule has 7 heteroatoms. The maximum Gasteiger partial charge on any atom is 0.252 e. The number of rotatable bonds is 8. The van der Waals surface area contributed by atoms with Crippen LogP contribution in [0.15, 0.2) is 53.4 Å². The first-order chi connectivity index (χ1) is 12.6. The van der Waals surface area contributed by atoms with Gasteiger partial charge in [-0.3, -0.25) is 9.59 Å². The summed E-state index contributed by atoms with van der Waals surface area (Å²) in [5.74, 6) is 0.507. The van der Waals surface area contributed by atoms with Gasteiger partial charge in [-0.2, -0.15) is 0 Å². The normalized spacial score (nSPS) is 10.8. The second-order valence-electron chi connectivity index (χ2n) is 5.81. The Bertz CT molecular complexity index is 890. The van der Waals surface area contributed by atoms with Crippen LogP contribution in [0.25, 0.3) is 11.0 Å². The molecule has 2 aromatic carbocycles. The third-order valence-corrected chi connectivity index (χ3v) is 4.91. The molecule has 1 aromatic heterocycles. The number of nitrogens with two attached hydrogens (primary N) is 1. The molecule has 3 rings (SSSR count). The molecule has 0 atom stereocenters. The van der Waals surface area contributed by atoms with Crippen molar-refractivity contribution in [1.82, 2.24) is 15.3 Å². The Morgan fingerprint density at radius 3 is 2.69 bits per heavy atom. The number of amides is 2.